The number of carbonyl (C=O) groups excluding carboxylic acids is 2. The van der Waals surface area contributed by atoms with Crippen LogP contribution in [-0.4, -0.2) is 92.8 Å². The fraction of sp³-hybridized carbons (Fsp3) is 0.400. The molecule has 2 bridgehead atoms. The van der Waals surface area contributed by atoms with Crippen LogP contribution in [0, 0.1) is 0 Å². The predicted octanol–water partition coefficient (Wildman–Crippen LogP) is 2.25. The first kappa shape index (κ1) is 26.2. The molecule has 0 aliphatic carbocycles. The minimum atomic E-state index is -1.15. The maximum absolute atomic E-state index is 13.5. The molecule has 0 saturated carbocycles. The molecule has 38 heavy (non-hydrogen) atoms. The molecular weight excluding hydrogens is 480 g/mol. The maximum Gasteiger partial charge on any atom is 0.337 e. The molecular formula is C30H36N4O4. The fourth-order valence-electron chi connectivity index (χ4n) is 5.55. The molecule has 2 aromatic rings. The molecule has 0 spiro atoms. The van der Waals surface area contributed by atoms with E-state index in [1.165, 1.54) is 7.11 Å². The van der Waals surface area contributed by atoms with Crippen LogP contribution in [0.4, 0.5) is 5.69 Å². The minimum absolute atomic E-state index is 0.272. The molecule has 3 atom stereocenters. The lowest BCUT2D eigenvalue weighted by atomic mass is 9.79. The number of benzene rings is 2. The Hall–Kier alpha value is -3.46. The highest BCUT2D eigenvalue weighted by Crippen LogP contribution is 2.47. The topological polar surface area (TPSA) is 83.1 Å². The van der Waals surface area contributed by atoms with E-state index < -0.39 is 17.7 Å². The van der Waals surface area contributed by atoms with Gasteiger partial charge < -0.3 is 25.0 Å². The number of hydrogen-bond donors (Lipinski definition) is 2. The van der Waals surface area contributed by atoms with Gasteiger partial charge in [-0.2, -0.15) is 0 Å². The van der Waals surface area contributed by atoms with Gasteiger partial charge in [0.15, 0.2) is 0 Å². The second kappa shape index (κ2) is 11.5. The number of esters is 1. The van der Waals surface area contributed by atoms with Crippen molar-refractivity contribution in [3.63, 3.8) is 0 Å². The van der Waals surface area contributed by atoms with Gasteiger partial charge in [-0.05, 0) is 37.2 Å². The van der Waals surface area contributed by atoms with Crippen LogP contribution >= 0.6 is 0 Å². The Labute approximate surface area is 224 Å². The van der Waals surface area contributed by atoms with Crippen molar-refractivity contribution < 1.29 is 19.1 Å². The first-order chi connectivity index (χ1) is 18.5. The number of fused-ring (bicyclic) bond motifs is 2. The summed E-state index contributed by atoms with van der Waals surface area (Å²) >= 11 is 0. The Balaban J connectivity index is 1.42. The molecule has 1 amide bonds. The predicted molar refractivity (Wildman–Crippen MR) is 147 cm³/mol. The van der Waals surface area contributed by atoms with Crippen molar-refractivity contribution in [2.45, 2.75) is 24.2 Å². The van der Waals surface area contributed by atoms with Gasteiger partial charge in [0, 0.05) is 45.0 Å². The number of nitrogens with zero attached hydrogens (tertiary/aromatic N) is 2. The van der Waals surface area contributed by atoms with E-state index in [2.05, 4.69) is 39.6 Å². The quantitative estimate of drug-likeness (QED) is 0.370. The molecule has 2 N–H and O–H groups in total. The number of anilines is 1. The van der Waals surface area contributed by atoms with Crippen molar-refractivity contribution in [3.05, 3.63) is 89.5 Å². The van der Waals surface area contributed by atoms with Crippen LogP contribution in [0.15, 0.2) is 84.0 Å². The maximum atomic E-state index is 13.5. The lowest BCUT2D eigenvalue weighted by Crippen LogP contribution is -2.50. The highest BCUT2D eigenvalue weighted by Gasteiger charge is 2.58. The molecule has 3 unspecified atom stereocenters. The van der Waals surface area contributed by atoms with Crippen molar-refractivity contribution in [2.75, 3.05) is 58.7 Å². The number of carbonyl (C=O) groups is 2. The molecule has 3 heterocycles. The number of hydrogen-bond acceptors (Lipinski definition) is 7. The first-order valence-electron chi connectivity index (χ1n) is 13.2. The number of para-hydroxylation sites is 1. The van der Waals surface area contributed by atoms with Crippen LogP contribution in [-0.2, 0) is 25.5 Å². The monoisotopic (exact) mass is 516 g/mol. The third kappa shape index (κ3) is 5.38. The van der Waals surface area contributed by atoms with Crippen LogP contribution in [0.5, 0.6) is 0 Å². The Morgan fingerprint density at radius 2 is 1.74 bits per heavy atom. The fourth-order valence-corrected chi connectivity index (χ4v) is 5.55. The number of nitrogens with one attached hydrogen (secondary N) is 2. The van der Waals surface area contributed by atoms with Crippen molar-refractivity contribution in [1.29, 1.82) is 0 Å². The largest absolute Gasteiger partial charge is 0.466 e. The van der Waals surface area contributed by atoms with E-state index in [-0.39, 0.29) is 17.5 Å². The standard InChI is InChI=1S/C30H36N4O4/c1-33-17-19-34(20-18-33)16-15-31-28(35)26-24-13-14-30(38-24,27(26)29(36)37-2)25(21-22-9-5-3-6-10-22)32-23-11-7-4-8-12-23/h3-14,24-25,32H,15-21H2,1-2H3,(H,31,35). The van der Waals surface area contributed by atoms with Crippen LogP contribution in [0.3, 0.4) is 0 Å². The second-order valence-corrected chi connectivity index (χ2v) is 10.1. The van der Waals surface area contributed by atoms with Gasteiger partial charge in [0.25, 0.3) is 5.91 Å². The Morgan fingerprint density at radius 1 is 1.05 bits per heavy atom. The summed E-state index contributed by atoms with van der Waals surface area (Å²) in [6, 6.07) is 19.5. The summed E-state index contributed by atoms with van der Waals surface area (Å²) in [7, 11) is 3.47. The van der Waals surface area contributed by atoms with Crippen LogP contribution in [0.1, 0.15) is 5.56 Å². The highest BCUT2D eigenvalue weighted by molar-refractivity contribution is 6.07. The van der Waals surface area contributed by atoms with Gasteiger partial charge in [0.1, 0.15) is 11.7 Å². The van der Waals surface area contributed by atoms with E-state index in [9.17, 15) is 9.59 Å². The van der Waals surface area contributed by atoms with E-state index in [1.54, 1.807) is 0 Å². The molecule has 3 aliphatic heterocycles. The number of methoxy groups -OCH3 is 1. The number of amides is 1. The summed E-state index contributed by atoms with van der Waals surface area (Å²) in [6.45, 7) is 5.26. The van der Waals surface area contributed by atoms with Gasteiger partial charge in [-0.15, -0.1) is 0 Å². The smallest absolute Gasteiger partial charge is 0.337 e. The van der Waals surface area contributed by atoms with Gasteiger partial charge >= 0.3 is 5.97 Å². The highest BCUT2D eigenvalue weighted by atomic mass is 16.5. The first-order valence-corrected chi connectivity index (χ1v) is 13.2. The second-order valence-electron chi connectivity index (χ2n) is 10.1. The van der Waals surface area contributed by atoms with Crippen molar-refractivity contribution in [1.82, 2.24) is 15.1 Å². The zero-order chi connectivity index (χ0) is 26.5. The molecule has 0 aromatic heterocycles. The van der Waals surface area contributed by atoms with Gasteiger partial charge in [0.05, 0.1) is 24.3 Å². The summed E-state index contributed by atoms with van der Waals surface area (Å²) in [5.41, 5.74) is 1.45. The lowest BCUT2D eigenvalue weighted by molar-refractivity contribution is -0.138. The van der Waals surface area contributed by atoms with E-state index in [1.807, 2.05) is 60.7 Å². The molecule has 2 aromatic carbocycles. The van der Waals surface area contributed by atoms with Crippen molar-refractivity contribution in [2.24, 2.45) is 0 Å². The average Bonchev–Trinajstić information content (AvgIpc) is 3.53. The third-order valence-corrected chi connectivity index (χ3v) is 7.64. The summed E-state index contributed by atoms with van der Waals surface area (Å²) in [5.74, 6) is -0.831. The van der Waals surface area contributed by atoms with Gasteiger partial charge in [-0.3, -0.25) is 9.69 Å². The third-order valence-electron chi connectivity index (χ3n) is 7.64. The van der Waals surface area contributed by atoms with Crippen molar-refractivity contribution >= 4 is 17.6 Å². The molecule has 3 aliphatic rings. The SMILES string of the molecule is COC(=O)C1=C(C(=O)NCCN2CCN(C)CC2)C2C=CC1(C(Cc1ccccc1)Nc1ccccc1)O2. The number of rotatable bonds is 10. The van der Waals surface area contributed by atoms with Crippen LogP contribution < -0.4 is 10.6 Å². The number of ether oxygens (including phenoxy) is 2. The summed E-state index contributed by atoms with van der Waals surface area (Å²) in [4.78, 5) is 31.4. The van der Waals surface area contributed by atoms with Gasteiger partial charge in [-0.25, -0.2) is 4.79 Å². The van der Waals surface area contributed by atoms with E-state index in [4.69, 9.17) is 9.47 Å². The lowest BCUT2D eigenvalue weighted by Gasteiger charge is -2.36. The number of likely N-dealkylation sites (N-methyl/N-ethyl adjacent to an activating group) is 1. The molecule has 200 valence electrons. The molecule has 1 fully saturated rings. The van der Waals surface area contributed by atoms with Gasteiger partial charge in [-0.1, -0.05) is 54.6 Å². The molecule has 0 radical (unpaired) electrons. The van der Waals surface area contributed by atoms with Gasteiger partial charge in [0.2, 0.25) is 0 Å². The van der Waals surface area contributed by atoms with E-state index in [0.29, 0.717) is 18.5 Å². The minimum Gasteiger partial charge on any atom is -0.466 e. The average molecular weight is 517 g/mol. The summed E-state index contributed by atoms with van der Waals surface area (Å²) < 4.78 is 11.7. The summed E-state index contributed by atoms with van der Waals surface area (Å²) in [6.07, 6.45) is 3.76. The molecule has 8 heteroatoms. The van der Waals surface area contributed by atoms with Crippen LogP contribution in [0.25, 0.3) is 0 Å². The zero-order valence-electron chi connectivity index (χ0n) is 22.1. The molecule has 1 saturated heterocycles. The summed E-state index contributed by atoms with van der Waals surface area (Å²) in [5, 5.41) is 6.62. The van der Waals surface area contributed by atoms with E-state index in [0.717, 1.165) is 44.0 Å². The molecule has 8 nitrogen and oxygen atoms in total. The Morgan fingerprint density at radius 3 is 2.42 bits per heavy atom. The molecule has 5 rings (SSSR count). The normalized spacial score (nSPS) is 23.9. The van der Waals surface area contributed by atoms with Crippen LogP contribution in [0.2, 0.25) is 0 Å². The van der Waals surface area contributed by atoms with E-state index >= 15 is 0 Å². The Kier molecular flexibility index (Phi) is 7.93. The Bertz CT molecular complexity index is 1150. The number of piperazine rings is 1. The zero-order valence-corrected chi connectivity index (χ0v) is 22.1. The van der Waals surface area contributed by atoms with Crippen molar-refractivity contribution in [3.8, 4) is 0 Å².